The minimum atomic E-state index is -0.733. The number of hydrogen-bond acceptors (Lipinski definition) is 4. The number of urea groups is 1. The molecule has 0 heterocycles. The van der Waals surface area contributed by atoms with E-state index in [4.69, 9.17) is 4.74 Å². The van der Waals surface area contributed by atoms with Crippen LogP contribution in [0, 0.1) is 5.82 Å². The lowest BCUT2D eigenvalue weighted by atomic mass is 10.1. The van der Waals surface area contributed by atoms with Gasteiger partial charge in [0.2, 0.25) is 0 Å². The van der Waals surface area contributed by atoms with Gasteiger partial charge in [-0.15, -0.1) is 0 Å². The van der Waals surface area contributed by atoms with Gasteiger partial charge in [0, 0.05) is 24.8 Å². The Bertz CT molecular complexity index is 826. The fraction of sp³-hybridized carbons (Fsp3) is 0.333. The van der Waals surface area contributed by atoms with Gasteiger partial charge >= 0.3 is 6.03 Å². The van der Waals surface area contributed by atoms with Gasteiger partial charge in [-0.3, -0.25) is 4.79 Å². The minimum absolute atomic E-state index is 0.0681. The molecule has 2 aromatic carbocycles. The molecule has 0 bridgehead atoms. The number of ether oxygens (including phenoxy) is 1. The fourth-order valence-electron chi connectivity index (χ4n) is 2.76. The van der Waals surface area contributed by atoms with E-state index in [-0.39, 0.29) is 17.0 Å². The Labute approximate surface area is 170 Å². The van der Waals surface area contributed by atoms with Crippen LogP contribution >= 0.6 is 0 Å². The van der Waals surface area contributed by atoms with Crippen LogP contribution in [0.4, 0.5) is 20.6 Å². The van der Waals surface area contributed by atoms with Crippen molar-refractivity contribution in [3.05, 3.63) is 53.8 Å². The van der Waals surface area contributed by atoms with Gasteiger partial charge in [0.05, 0.1) is 18.4 Å². The number of amides is 3. The third kappa shape index (κ3) is 6.46. The molecule has 0 atom stereocenters. The number of nitrogens with zero attached hydrogens (tertiary/aromatic N) is 1. The molecule has 0 spiro atoms. The first kappa shape index (κ1) is 22.2. The van der Waals surface area contributed by atoms with E-state index >= 15 is 0 Å². The molecule has 29 heavy (non-hydrogen) atoms. The lowest BCUT2D eigenvalue weighted by molar-refractivity contribution is 0.0945. The van der Waals surface area contributed by atoms with E-state index < -0.39 is 17.8 Å². The van der Waals surface area contributed by atoms with E-state index in [0.717, 1.165) is 19.2 Å². The van der Waals surface area contributed by atoms with Crippen molar-refractivity contribution in [2.45, 2.75) is 13.8 Å². The third-order valence-electron chi connectivity index (χ3n) is 4.42. The van der Waals surface area contributed by atoms with Crippen LogP contribution in [0.2, 0.25) is 0 Å². The van der Waals surface area contributed by atoms with E-state index in [0.29, 0.717) is 18.8 Å². The molecule has 0 aliphatic carbocycles. The first-order valence-electron chi connectivity index (χ1n) is 9.49. The minimum Gasteiger partial charge on any atom is -0.496 e. The summed E-state index contributed by atoms with van der Waals surface area (Å²) in [6, 6.07) is 10.5. The number of anilines is 2. The van der Waals surface area contributed by atoms with Crippen LogP contribution in [0.25, 0.3) is 0 Å². The lowest BCUT2D eigenvalue weighted by Crippen LogP contribution is -2.35. The van der Waals surface area contributed by atoms with Crippen molar-refractivity contribution in [2.75, 3.05) is 43.9 Å². The highest BCUT2D eigenvalue weighted by Gasteiger charge is 2.18. The van der Waals surface area contributed by atoms with E-state index in [1.807, 2.05) is 19.9 Å². The Kier molecular flexibility index (Phi) is 8.42. The summed E-state index contributed by atoms with van der Waals surface area (Å²) in [5.41, 5.74) is 0.551. The van der Waals surface area contributed by atoms with E-state index in [1.165, 1.54) is 13.2 Å². The van der Waals surface area contributed by atoms with Crippen molar-refractivity contribution in [1.82, 2.24) is 10.2 Å². The predicted octanol–water partition coefficient (Wildman–Crippen LogP) is 3.55. The first-order chi connectivity index (χ1) is 14.0. The molecule has 8 heteroatoms. The number of methoxy groups -OCH3 is 1. The highest BCUT2D eigenvalue weighted by Crippen LogP contribution is 2.26. The molecule has 0 saturated carbocycles. The molecule has 3 amide bonds. The van der Waals surface area contributed by atoms with E-state index in [2.05, 4.69) is 20.9 Å². The van der Waals surface area contributed by atoms with Crippen molar-refractivity contribution in [3.63, 3.8) is 0 Å². The summed E-state index contributed by atoms with van der Waals surface area (Å²) in [6.45, 7) is 6.99. The zero-order chi connectivity index (χ0) is 21.2. The highest BCUT2D eigenvalue weighted by atomic mass is 19.1. The zero-order valence-electron chi connectivity index (χ0n) is 16.9. The molecule has 0 aliphatic heterocycles. The van der Waals surface area contributed by atoms with Gasteiger partial charge in [0.15, 0.2) is 0 Å². The second kappa shape index (κ2) is 11.0. The Hall–Kier alpha value is -3.13. The summed E-state index contributed by atoms with van der Waals surface area (Å²) in [4.78, 5) is 26.7. The van der Waals surface area contributed by atoms with Crippen molar-refractivity contribution in [1.29, 1.82) is 0 Å². The lowest BCUT2D eigenvalue weighted by Gasteiger charge is -2.18. The average molecular weight is 402 g/mol. The fourth-order valence-corrected chi connectivity index (χ4v) is 2.76. The molecule has 0 aliphatic rings. The Balaban J connectivity index is 2.05. The number of rotatable bonds is 9. The average Bonchev–Trinajstić information content (AvgIpc) is 2.73. The molecule has 3 N–H and O–H groups in total. The largest absolute Gasteiger partial charge is 0.496 e. The van der Waals surface area contributed by atoms with Gasteiger partial charge in [0.1, 0.15) is 11.6 Å². The van der Waals surface area contributed by atoms with Crippen molar-refractivity contribution in [2.24, 2.45) is 0 Å². The number of benzene rings is 2. The Morgan fingerprint density at radius 1 is 1.07 bits per heavy atom. The summed E-state index contributed by atoms with van der Waals surface area (Å²) in [5.74, 6) is -1.00. The molecular weight excluding hydrogens is 375 g/mol. The molecule has 0 saturated heterocycles. The van der Waals surface area contributed by atoms with Crippen molar-refractivity contribution in [3.8, 4) is 5.75 Å². The number of likely N-dealkylation sites (N-methyl/N-ethyl adjacent to an activating group) is 1. The molecule has 0 fully saturated rings. The van der Waals surface area contributed by atoms with Crippen LogP contribution in [-0.4, -0.2) is 50.1 Å². The summed E-state index contributed by atoms with van der Waals surface area (Å²) >= 11 is 0. The van der Waals surface area contributed by atoms with Gasteiger partial charge in [-0.25, -0.2) is 9.18 Å². The predicted molar refractivity (Wildman–Crippen MR) is 112 cm³/mol. The van der Waals surface area contributed by atoms with Gasteiger partial charge in [-0.1, -0.05) is 32.0 Å². The SMILES string of the molecule is CCN(CC)CCNC(=O)c1cc(F)c(NC(=O)Nc2ccccc2)cc1OC. The molecule has 2 rings (SSSR count). The topological polar surface area (TPSA) is 82.7 Å². The third-order valence-corrected chi connectivity index (χ3v) is 4.42. The standard InChI is InChI=1S/C21H27FN4O3/c1-4-26(5-2)12-11-23-20(27)16-13-17(22)18(14-19(16)29-3)25-21(28)24-15-9-7-6-8-10-15/h6-10,13-14H,4-5,11-12H2,1-3H3,(H,23,27)(H2,24,25,28). The van der Waals surface area contributed by atoms with Crippen LogP contribution in [0.1, 0.15) is 24.2 Å². The van der Waals surface area contributed by atoms with Crippen LogP contribution in [0.5, 0.6) is 5.75 Å². The molecular formula is C21H27FN4O3. The molecule has 156 valence electrons. The van der Waals surface area contributed by atoms with Crippen LogP contribution in [0.15, 0.2) is 42.5 Å². The maximum absolute atomic E-state index is 14.5. The smallest absolute Gasteiger partial charge is 0.323 e. The molecule has 7 nitrogen and oxygen atoms in total. The Morgan fingerprint density at radius 2 is 1.76 bits per heavy atom. The van der Waals surface area contributed by atoms with Crippen molar-refractivity contribution >= 4 is 23.3 Å². The number of halogens is 1. The molecule has 2 aromatic rings. The summed E-state index contributed by atoms with van der Waals surface area (Å²) in [5, 5.41) is 7.80. The Morgan fingerprint density at radius 3 is 2.38 bits per heavy atom. The quantitative estimate of drug-likeness (QED) is 0.599. The van der Waals surface area contributed by atoms with Crippen molar-refractivity contribution < 1.29 is 18.7 Å². The summed E-state index contributed by atoms with van der Waals surface area (Å²) < 4.78 is 19.7. The van der Waals surface area contributed by atoms with Gasteiger partial charge in [0.25, 0.3) is 5.91 Å². The molecule has 0 aromatic heterocycles. The maximum Gasteiger partial charge on any atom is 0.323 e. The molecule has 0 radical (unpaired) electrons. The number of para-hydroxylation sites is 1. The highest BCUT2D eigenvalue weighted by molar-refractivity contribution is 6.01. The number of hydrogen-bond donors (Lipinski definition) is 3. The number of nitrogens with one attached hydrogen (secondary N) is 3. The summed E-state index contributed by atoms with van der Waals surface area (Å²) in [7, 11) is 1.38. The van der Waals surface area contributed by atoms with E-state index in [1.54, 1.807) is 24.3 Å². The monoisotopic (exact) mass is 402 g/mol. The van der Waals surface area contributed by atoms with Gasteiger partial charge < -0.3 is 25.6 Å². The second-order valence-electron chi connectivity index (χ2n) is 6.26. The maximum atomic E-state index is 14.5. The van der Waals surface area contributed by atoms with Crippen LogP contribution in [0.3, 0.4) is 0 Å². The van der Waals surface area contributed by atoms with Gasteiger partial charge in [-0.05, 0) is 31.3 Å². The van der Waals surface area contributed by atoms with Crippen LogP contribution in [-0.2, 0) is 0 Å². The van der Waals surface area contributed by atoms with E-state index in [9.17, 15) is 14.0 Å². The summed E-state index contributed by atoms with van der Waals surface area (Å²) in [6.07, 6.45) is 0. The zero-order valence-corrected chi connectivity index (χ0v) is 16.9. The molecule has 0 unspecified atom stereocenters. The van der Waals surface area contributed by atoms with Gasteiger partial charge in [-0.2, -0.15) is 0 Å². The first-order valence-corrected chi connectivity index (χ1v) is 9.49. The van der Waals surface area contributed by atoms with Crippen LogP contribution < -0.4 is 20.7 Å². The normalized spacial score (nSPS) is 10.5. The number of carbonyl (C=O) groups is 2. The second-order valence-corrected chi connectivity index (χ2v) is 6.26. The number of carbonyl (C=O) groups excluding carboxylic acids is 2.